The van der Waals surface area contributed by atoms with E-state index in [0.29, 0.717) is 17.9 Å². The van der Waals surface area contributed by atoms with Crippen molar-refractivity contribution < 1.29 is 57.9 Å². The molecule has 6 atom stereocenters. The van der Waals surface area contributed by atoms with Crippen LogP contribution >= 0.6 is 11.8 Å². The number of halogens is 1. The van der Waals surface area contributed by atoms with E-state index in [0.717, 1.165) is 19.4 Å². The number of ether oxygens (including phenoxy) is 1. The maximum Gasteiger partial charge on any atom is 0.410 e. The van der Waals surface area contributed by atoms with Gasteiger partial charge in [0.2, 0.25) is 12.2 Å². The number of aromatic nitrogens is 2. The first-order chi connectivity index (χ1) is 17.1. The quantitative estimate of drug-likeness (QED) is 0.141. The molecule has 0 unspecified atom stereocenters. The van der Waals surface area contributed by atoms with Crippen molar-refractivity contribution in [1.29, 1.82) is 0 Å². The first-order valence-electron chi connectivity index (χ1n) is 12.3. The van der Waals surface area contributed by atoms with Gasteiger partial charge < -0.3 is 48.7 Å². The molecule has 204 valence electrons. The summed E-state index contributed by atoms with van der Waals surface area (Å²) in [6.45, 7) is 8.49. The number of aliphatic hydroxyl groups is 1. The molecule has 0 saturated carbocycles. The van der Waals surface area contributed by atoms with E-state index >= 15 is 0 Å². The highest BCUT2D eigenvalue weighted by Gasteiger charge is 2.60. The molecule has 2 fully saturated rings. The van der Waals surface area contributed by atoms with Crippen LogP contribution in [0, 0.1) is 11.8 Å². The second-order valence-corrected chi connectivity index (χ2v) is 11.2. The van der Waals surface area contributed by atoms with E-state index in [9.17, 15) is 24.6 Å². The Morgan fingerprint density at radius 1 is 1.41 bits per heavy atom. The van der Waals surface area contributed by atoms with Gasteiger partial charge in [-0.25, -0.2) is 18.7 Å². The molecular weight excluding hydrogens is 611 g/mol. The smallest absolute Gasteiger partial charge is 0.410 e. The number of nitrogens with zero attached hydrogens (tertiary/aromatic N) is 4. The number of imidazole rings is 1. The van der Waals surface area contributed by atoms with Gasteiger partial charge in [0.1, 0.15) is 24.7 Å². The standard InChI is InChI=1S/C25H34N4O6S.HI/c1-5-11-35-25(34)28-13-18(12-17(28)7-6-8-27-10-9-26(4)14-27)36-22-15(2)20-19(16(3)30)23(31)29(20)21(22)24(32)33;/h5,9-10,14-20,30H,1,6-8,11-13H2,2-4H3;1H/t15-,16-,17-,18+,19-,20-;/m1./s1. The SMILES string of the molecule is C=CCOC(=O)N1C[C@@H](SC2=C(C(=O)O)N3C(=O)[C@H]([C@@H](C)O)[C@H]3[C@H]2C)C[C@H]1CCCn1cc[n+](C)c1.[I-]. The van der Waals surface area contributed by atoms with Crippen LogP contribution in [-0.2, 0) is 27.9 Å². The molecule has 0 aromatic carbocycles. The highest BCUT2D eigenvalue weighted by molar-refractivity contribution is 8.03. The van der Waals surface area contributed by atoms with Crippen LogP contribution in [0.2, 0.25) is 0 Å². The highest BCUT2D eigenvalue weighted by atomic mass is 127. The summed E-state index contributed by atoms with van der Waals surface area (Å²) in [5, 5.41) is 20.0. The molecule has 3 aliphatic heterocycles. The van der Waals surface area contributed by atoms with Crippen LogP contribution in [-0.4, -0.2) is 79.1 Å². The van der Waals surface area contributed by atoms with Crippen molar-refractivity contribution in [2.75, 3.05) is 13.2 Å². The Hall–Kier alpha value is -2.06. The summed E-state index contributed by atoms with van der Waals surface area (Å²) in [4.78, 5) is 41.3. The number of aliphatic hydroxyl groups excluding tert-OH is 1. The van der Waals surface area contributed by atoms with Crippen molar-refractivity contribution in [3.8, 4) is 0 Å². The Morgan fingerprint density at radius 3 is 2.73 bits per heavy atom. The van der Waals surface area contributed by atoms with E-state index < -0.39 is 24.1 Å². The number of hydrogen-bond donors (Lipinski definition) is 2. The fourth-order valence-electron chi connectivity index (χ4n) is 5.67. The zero-order chi connectivity index (χ0) is 26.1. The van der Waals surface area contributed by atoms with Gasteiger partial charge in [0.15, 0.2) is 0 Å². The number of hydrogen-bond acceptors (Lipinski definition) is 6. The number of aryl methyl sites for hydroxylation is 2. The third-order valence-corrected chi connectivity index (χ3v) is 8.81. The van der Waals surface area contributed by atoms with Gasteiger partial charge in [0.25, 0.3) is 0 Å². The second-order valence-electron chi connectivity index (χ2n) is 9.88. The van der Waals surface area contributed by atoms with E-state index in [1.807, 2.05) is 37.3 Å². The van der Waals surface area contributed by atoms with Crippen LogP contribution in [0.3, 0.4) is 0 Å². The van der Waals surface area contributed by atoms with Gasteiger partial charge in [-0.1, -0.05) is 19.6 Å². The number of likely N-dealkylation sites (tertiary alicyclic amines) is 1. The molecule has 0 spiro atoms. The number of fused-ring (bicyclic) bond motifs is 1. The number of amides is 2. The van der Waals surface area contributed by atoms with Crippen LogP contribution < -0.4 is 28.5 Å². The van der Waals surface area contributed by atoms with Crippen LogP contribution in [0.1, 0.15) is 33.1 Å². The van der Waals surface area contributed by atoms with Gasteiger partial charge in [-0.3, -0.25) is 4.79 Å². The number of carbonyl (C=O) groups is 3. The first-order valence-corrected chi connectivity index (χ1v) is 13.2. The van der Waals surface area contributed by atoms with E-state index in [1.54, 1.807) is 11.8 Å². The van der Waals surface area contributed by atoms with Crippen molar-refractivity contribution in [2.24, 2.45) is 18.9 Å². The monoisotopic (exact) mass is 646 g/mol. The molecule has 4 rings (SSSR count). The van der Waals surface area contributed by atoms with E-state index in [1.165, 1.54) is 22.7 Å². The van der Waals surface area contributed by atoms with Crippen LogP contribution in [0.25, 0.3) is 0 Å². The fourth-order valence-corrected chi connectivity index (χ4v) is 7.24. The predicted octanol–water partition coefficient (Wildman–Crippen LogP) is -1.25. The van der Waals surface area contributed by atoms with Crippen molar-refractivity contribution in [2.45, 2.75) is 63.1 Å². The predicted molar refractivity (Wildman–Crippen MR) is 133 cm³/mol. The second kappa shape index (κ2) is 12.2. The molecule has 10 nitrogen and oxygen atoms in total. The summed E-state index contributed by atoms with van der Waals surface area (Å²) in [7, 11) is 1.97. The van der Waals surface area contributed by atoms with Crippen LogP contribution in [0.4, 0.5) is 4.79 Å². The third kappa shape index (κ3) is 5.85. The van der Waals surface area contributed by atoms with E-state index in [4.69, 9.17) is 4.74 Å². The normalized spacial score (nSPS) is 27.5. The number of β-lactam (4-membered cyclic amide) rings is 1. The summed E-state index contributed by atoms with van der Waals surface area (Å²) in [6, 6.07) is -0.376. The van der Waals surface area contributed by atoms with Gasteiger partial charge in [-0.05, 0) is 26.2 Å². The zero-order valence-corrected chi connectivity index (χ0v) is 24.3. The lowest BCUT2D eigenvalue weighted by molar-refractivity contribution is -0.671. The first kappa shape index (κ1) is 29.5. The number of carboxylic acids is 1. The molecule has 1 aromatic rings. The molecule has 12 heteroatoms. The summed E-state index contributed by atoms with van der Waals surface area (Å²) < 4.78 is 9.42. The Labute approximate surface area is 238 Å². The molecule has 0 aliphatic carbocycles. The minimum Gasteiger partial charge on any atom is -1.00 e. The van der Waals surface area contributed by atoms with Gasteiger partial charge in [-0.15, -0.1) is 11.8 Å². The molecule has 37 heavy (non-hydrogen) atoms. The van der Waals surface area contributed by atoms with Crippen LogP contribution in [0.5, 0.6) is 0 Å². The van der Waals surface area contributed by atoms with E-state index in [-0.39, 0.29) is 65.4 Å². The number of carbonyl (C=O) groups excluding carboxylic acids is 2. The van der Waals surface area contributed by atoms with Gasteiger partial charge >= 0.3 is 12.1 Å². The average molecular weight is 647 g/mol. The van der Waals surface area contributed by atoms with Crippen molar-refractivity contribution >= 4 is 29.7 Å². The molecular formula is C25H35IN4O6S. The Kier molecular flexibility index (Phi) is 9.73. The van der Waals surface area contributed by atoms with Crippen molar-refractivity contribution in [3.05, 3.63) is 42.0 Å². The molecule has 2 saturated heterocycles. The Morgan fingerprint density at radius 2 is 2.14 bits per heavy atom. The molecule has 0 radical (unpaired) electrons. The molecule has 2 amide bonds. The minimum absolute atomic E-state index is 0. The van der Waals surface area contributed by atoms with Crippen LogP contribution in [0.15, 0.2) is 42.0 Å². The number of thioether (sulfide) groups is 1. The lowest BCUT2D eigenvalue weighted by Gasteiger charge is -2.46. The highest BCUT2D eigenvalue weighted by Crippen LogP contribution is 2.52. The topological polar surface area (TPSA) is 116 Å². The van der Waals surface area contributed by atoms with Crippen molar-refractivity contribution in [3.63, 3.8) is 0 Å². The third-order valence-electron chi connectivity index (χ3n) is 7.32. The lowest BCUT2D eigenvalue weighted by atomic mass is 9.79. The van der Waals surface area contributed by atoms with Gasteiger partial charge in [0.05, 0.1) is 31.7 Å². The summed E-state index contributed by atoms with van der Waals surface area (Å²) in [5.74, 6) is -2.27. The molecule has 0 bridgehead atoms. The maximum absolute atomic E-state index is 12.8. The average Bonchev–Trinajstić information content (AvgIpc) is 3.48. The summed E-state index contributed by atoms with van der Waals surface area (Å²) >= 11 is 1.45. The molecule has 4 heterocycles. The number of rotatable bonds is 10. The number of aliphatic carboxylic acids is 1. The van der Waals surface area contributed by atoms with Crippen molar-refractivity contribution in [1.82, 2.24) is 14.4 Å². The fraction of sp³-hybridized carbons (Fsp3) is 0.600. The molecule has 2 N–H and O–H groups in total. The zero-order valence-electron chi connectivity index (χ0n) is 21.3. The number of carboxylic acid groups (broad SMARTS) is 1. The van der Waals surface area contributed by atoms with Gasteiger partial charge in [0, 0.05) is 28.7 Å². The maximum atomic E-state index is 12.8. The largest absolute Gasteiger partial charge is 1.00 e. The Balaban J connectivity index is 0.00000380. The molecule has 3 aliphatic rings. The summed E-state index contributed by atoms with van der Waals surface area (Å²) in [5.41, 5.74) is 0.0177. The summed E-state index contributed by atoms with van der Waals surface area (Å²) in [6.07, 6.45) is 8.67. The minimum atomic E-state index is -1.14. The van der Waals surface area contributed by atoms with Gasteiger partial charge in [-0.2, -0.15) is 0 Å². The molecule has 1 aromatic heterocycles. The lowest BCUT2D eigenvalue weighted by Crippen LogP contribution is -3.00. The Bertz CT molecular complexity index is 1080. The van der Waals surface area contributed by atoms with E-state index in [2.05, 4.69) is 11.1 Å².